The Hall–Kier alpha value is -1.20. The number of hydrogen-bond donors (Lipinski definition) is 1. The van der Waals surface area contributed by atoms with E-state index in [2.05, 4.69) is 4.74 Å². The molecule has 1 N–H and O–H groups in total. The van der Waals surface area contributed by atoms with E-state index in [1.54, 1.807) is 0 Å². The molecule has 0 aromatic carbocycles. The first-order valence-electron chi connectivity index (χ1n) is 4.04. The van der Waals surface area contributed by atoms with Gasteiger partial charge in [0, 0.05) is 12.8 Å². The molecule has 0 radical (unpaired) electrons. The minimum atomic E-state index is -2.05. The molecule has 0 amide bonds. The Morgan fingerprint density at radius 2 is 1.79 bits per heavy atom. The van der Waals surface area contributed by atoms with Crippen molar-refractivity contribution in [3.63, 3.8) is 0 Å². The maximum atomic E-state index is 12.8. The van der Waals surface area contributed by atoms with Gasteiger partial charge in [-0.3, -0.25) is 9.59 Å². The Morgan fingerprint density at radius 1 is 1.36 bits per heavy atom. The Bertz CT molecular complexity index is 256. The molecule has 0 heterocycles. The first-order valence-corrected chi connectivity index (χ1v) is 4.04. The molecule has 1 rings (SSSR count). The molecule has 4 nitrogen and oxygen atoms in total. The van der Waals surface area contributed by atoms with Crippen molar-refractivity contribution in [2.45, 2.75) is 25.2 Å². The number of carbonyl (C=O) groups is 2. The molecular weight excluding hydrogens is 198 g/mol. The van der Waals surface area contributed by atoms with Crippen LogP contribution in [0.3, 0.4) is 0 Å². The lowest BCUT2D eigenvalue weighted by Gasteiger charge is -2.19. The van der Waals surface area contributed by atoms with E-state index in [0.29, 0.717) is 0 Å². The number of aliphatic carboxylic acids is 1. The topological polar surface area (TPSA) is 63.6 Å². The normalized spacial score (nSPS) is 36.8. The number of ether oxygens (including phenoxy) is 1. The van der Waals surface area contributed by atoms with Crippen LogP contribution in [-0.2, 0) is 14.3 Å². The van der Waals surface area contributed by atoms with Gasteiger partial charge in [-0.25, -0.2) is 8.78 Å². The molecule has 0 aliphatic heterocycles. The molecule has 1 saturated carbocycles. The van der Waals surface area contributed by atoms with Gasteiger partial charge in [0.25, 0.3) is 0 Å². The summed E-state index contributed by atoms with van der Waals surface area (Å²) in [6.07, 6.45) is -5.14. The lowest BCUT2D eigenvalue weighted by Crippen LogP contribution is -2.38. The van der Waals surface area contributed by atoms with Gasteiger partial charge < -0.3 is 9.84 Å². The van der Waals surface area contributed by atoms with Crippen molar-refractivity contribution in [2.75, 3.05) is 7.11 Å². The van der Waals surface area contributed by atoms with Crippen molar-refractivity contribution in [3.8, 4) is 0 Å². The van der Waals surface area contributed by atoms with Crippen molar-refractivity contribution in [1.29, 1.82) is 0 Å². The number of alkyl halides is 2. The second-order valence-corrected chi connectivity index (χ2v) is 3.32. The fourth-order valence-corrected chi connectivity index (χ4v) is 1.63. The summed E-state index contributed by atoms with van der Waals surface area (Å²) >= 11 is 0. The van der Waals surface area contributed by atoms with Crippen LogP contribution in [0.15, 0.2) is 0 Å². The van der Waals surface area contributed by atoms with Crippen molar-refractivity contribution >= 4 is 11.9 Å². The second kappa shape index (κ2) is 3.51. The van der Waals surface area contributed by atoms with Crippen LogP contribution in [0, 0.1) is 5.41 Å². The number of halogens is 2. The maximum Gasteiger partial charge on any atom is 0.323 e. The summed E-state index contributed by atoms with van der Waals surface area (Å²) in [5.74, 6) is -2.63. The van der Waals surface area contributed by atoms with Crippen molar-refractivity contribution in [2.24, 2.45) is 5.41 Å². The highest BCUT2D eigenvalue weighted by Gasteiger charge is 2.57. The molecule has 1 unspecified atom stereocenters. The fraction of sp³-hybridized carbons (Fsp3) is 0.750. The van der Waals surface area contributed by atoms with Crippen LogP contribution in [0.4, 0.5) is 8.78 Å². The van der Waals surface area contributed by atoms with E-state index in [1.807, 2.05) is 0 Å². The molecule has 80 valence electrons. The third-order valence-electron chi connectivity index (χ3n) is 2.46. The zero-order valence-corrected chi connectivity index (χ0v) is 7.50. The number of carbonyl (C=O) groups excluding carboxylic acids is 1. The molecule has 0 bridgehead atoms. The van der Waals surface area contributed by atoms with Crippen LogP contribution >= 0.6 is 0 Å². The summed E-state index contributed by atoms with van der Waals surface area (Å²) in [7, 11) is 0.992. The first-order chi connectivity index (χ1) is 6.44. The second-order valence-electron chi connectivity index (χ2n) is 3.32. The predicted octanol–water partition coefficient (Wildman–Crippen LogP) is 0.700. The first kappa shape index (κ1) is 10.9. The molecule has 3 atom stereocenters. The Kier molecular flexibility index (Phi) is 2.73. The molecule has 0 spiro atoms. The van der Waals surface area contributed by atoms with Crippen LogP contribution < -0.4 is 0 Å². The largest absolute Gasteiger partial charge is 0.480 e. The number of esters is 1. The molecule has 1 aliphatic rings. The monoisotopic (exact) mass is 208 g/mol. The average Bonchev–Trinajstić information content (AvgIpc) is 2.43. The van der Waals surface area contributed by atoms with E-state index in [4.69, 9.17) is 5.11 Å². The smallest absolute Gasteiger partial charge is 0.323 e. The predicted molar refractivity (Wildman–Crippen MR) is 41.1 cm³/mol. The summed E-state index contributed by atoms with van der Waals surface area (Å²) in [4.78, 5) is 21.9. The van der Waals surface area contributed by atoms with E-state index in [1.165, 1.54) is 0 Å². The van der Waals surface area contributed by atoms with Gasteiger partial charge in [-0.15, -0.1) is 0 Å². The number of hydrogen-bond acceptors (Lipinski definition) is 3. The lowest BCUT2D eigenvalue weighted by molar-refractivity contribution is -0.167. The Morgan fingerprint density at radius 3 is 2.07 bits per heavy atom. The summed E-state index contributed by atoms with van der Waals surface area (Å²) < 4.78 is 29.9. The average molecular weight is 208 g/mol. The van der Waals surface area contributed by atoms with Gasteiger partial charge >= 0.3 is 11.9 Å². The number of carboxylic acids is 1. The molecule has 1 aliphatic carbocycles. The zero-order valence-electron chi connectivity index (χ0n) is 7.50. The molecule has 0 aromatic heterocycles. The fourth-order valence-electron chi connectivity index (χ4n) is 1.63. The maximum absolute atomic E-state index is 12.8. The van der Waals surface area contributed by atoms with Gasteiger partial charge in [-0.05, 0) is 0 Å². The summed E-state index contributed by atoms with van der Waals surface area (Å²) in [6, 6.07) is 0. The van der Waals surface area contributed by atoms with Crippen LogP contribution in [0.25, 0.3) is 0 Å². The van der Waals surface area contributed by atoms with Crippen molar-refractivity contribution < 1.29 is 28.2 Å². The highest BCUT2D eigenvalue weighted by atomic mass is 19.2. The summed E-state index contributed by atoms with van der Waals surface area (Å²) in [5, 5.41) is 8.77. The van der Waals surface area contributed by atoms with Gasteiger partial charge in [0.15, 0.2) is 5.41 Å². The number of methoxy groups -OCH3 is 1. The molecular formula is C8H10F2O4. The van der Waals surface area contributed by atoms with Crippen LogP contribution in [0.1, 0.15) is 12.8 Å². The lowest BCUT2D eigenvalue weighted by atomic mass is 9.86. The van der Waals surface area contributed by atoms with Crippen molar-refractivity contribution in [1.82, 2.24) is 0 Å². The SMILES string of the molecule is COC(=O)C1(C(=O)O)C[C@@H](F)[C@@H](F)C1. The van der Waals surface area contributed by atoms with E-state index in [9.17, 15) is 18.4 Å². The van der Waals surface area contributed by atoms with Gasteiger partial charge in [0.2, 0.25) is 0 Å². The van der Waals surface area contributed by atoms with Crippen LogP contribution in [0.5, 0.6) is 0 Å². The van der Waals surface area contributed by atoms with Crippen LogP contribution in [-0.4, -0.2) is 36.5 Å². The highest BCUT2D eigenvalue weighted by Crippen LogP contribution is 2.42. The van der Waals surface area contributed by atoms with E-state index in [-0.39, 0.29) is 0 Å². The minimum absolute atomic E-state index is 0.657. The zero-order chi connectivity index (χ0) is 10.9. The quantitative estimate of drug-likeness (QED) is 0.536. The highest BCUT2D eigenvalue weighted by molar-refractivity contribution is 5.99. The summed E-state index contributed by atoms with van der Waals surface area (Å²) in [6.45, 7) is 0. The van der Waals surface area contributed by atoms with Gasteiger partial charge in [-0.1, -0.05) is 0 Å². The Labute approximate surface area is 78.8 Å². The molecule has 14 heavy (non-hydrogen) atoms. The molecule has 0 saturated heterocycles. The number of rotatable bonds is 2. The summed E-state index contributed by atoms with van der Waals surface area (Å²) in [5.41, 5.74) is -2.05. The minimum Gasteiger partial charge on any atom is -0.480 e. The van der Waals surface area contributed by atoms with E-state index < -0.39 is 42.5 Å². The standard InChI is InChI=1S/C8H10F2O4/c1-14-7(13)8(6(11)12)2-4(9)5(10)3-8/h4-5H,2-3H2,1H3,(H,11,12)/t4-,5+,8?. The van der Waals surface area contributed by atoms with E-state index in [0.717, 1.165) is 7.11 Å². The third-order valence-corrected chi connectivity index (χ3v) is 2.46. The Balaban J connectivity index is 2.97. The van der Waals surface area contributed by atoms with E-state index >= 15 is 0 Å². The van der Waals surface area contributed by atoms with Crippen molar-refractivity contribution in [3.05, 3.63) is 0 Å². The van der Waals surface area contributed by atoms with Gasteiger partial charge in [-0.2, -0.15) is 0 Å². The molecule has 0 aromatic rings. The van der Waals surface area contributed by atoms with Crippen LogP contribution in [0.2, 0.25) is 0 Å². The third kappa shape index (κ3) is 1.44. The van der Waals surface area contributed by atoms with Gasteiger partial charge in [0.05, 0.1) is 7.11 Å². The number of carboxylic acid groups (broad SMARTS) is 1. The molecule has 1 fully saturated rings. The molecule has 6 heteroatoms. The van der Waals surface area contributed by atoms with Gasteiger partial charge in [0.1, 0.15) is 12.3 Å².